The van der Waals surface area contributed by atoms with Crippen LogP contribution in [0.5, 0.6) is 0 Å². The van der Waals surface area contributed by atoms with Crippen LogP contribution >= 0.6 is 0 Å². The minimum Gasteiger partial charge on any atom is -0.348 e. The van der Waals surface area contributed by atoms with Crippen LogP contribution in [-0.2, 0) is 23.0 Å². The highest BCUT2D eigenvalue weighted by Crippen LogP contribution is 2.26. The van der Waals surface area contributed by atoms with Crippen LogP contribution in [-0.4, -0.2) is 19.3 Å². The van der Waals surface area contributed by atoms with Gasteiger partial charge in [-0.25, -0.2) is 8.42 Å². The molecule has 2 aromatic carbocycles. The summed E-state index contributed by atoms with van der Waals surface area (Å²) < 4.78 is 22.6. The molecular formula is C22H22N2O3S. The van der Waals surface area contributed by atoms with E-state index in [1.807, 2.05) is 61.5 Å². The van der Waals surface area contributed by atoms with Crippen LogP contribution < -0.4 is 5.32 Å². The van der Waals surface area contributed by atoms with Gasteiger partial charge in [-0.15, -0.1) is 0 Å². The molecule has 1 N–H and O–H groups in total. The van der Waals surface area contributed by atoms with E-state index in [0.717, 1.165) is 22.4 Å². The Morgan fingerprint density at radius 3 is 2.39 bits per heavy atom. The summed E-state index contributed by atoms with van der Waals surface area (Å²) in [5.41, 5.74) is 5.37. The lowest BCUT2D eigenvalue weighted by molar-refractivity contribution is 0.0950. The second-order valence-corrected chi connectivity index (χ2v) is 7.64. The molecule has 0 unspecified atom stereocenters. The van der Waals surface area contributed by atoms with Crippen molar-refractivity contribution in [1.29, 1.82) is 0 Å². The SMILES string of the molecule is Cc1ccc(CNC(=O)c2cc(-c3ccccc3)cc(C[SH](=O)=O)c2C)cn1. The topological polar surface area (TPSA) is 76.1 Å². The predicted octanol–water partition coefficient (Wildman–Crippen LogP) is 3.41. The molecule has 28 heavy (non-hydrogen) atoms. The van der Waals surface area contributed by atoms with Gasteiger partial charge in [-0.1, -0.05) is 36.4 Å². The first-order chi connectivity index (χ1) is 13.4. The Balaban J connectivity index is 1.93. The van der Waals surface area contributed by atoms with Crippen LogP contribution in [0.2, 0.25) is 0 Å². The van der Waals surface area contributed by atoms with Crippen molar-refractivity contribution in [3.8, 4) is 11.1 Å². The summed E-state index contributed by atoms with van der Waals surface area (Å²) in [6.07, 6.45) is 1.73. The summed E-state index contributed by atoms with van der Waals surface area (Å²) in [7, 11) is -2.59. The smallest absolute Gasteiger partial charge is 0.251 e. The number of benzene rings is 2. The Bertz CT molecular complexity index is 1050. The average molecular weight is 394 g/mol. The van der Waals surface area contributed by atoms with Crippen LogP contribution in [0.4, 0.5) is 0 Å². The molecule has 0 saturated carbocycles. The van der Waals surface area contributed by atoms with Crippen molar-refractivity contribution in [3.05, 3.63) is 88.7 Å². The van der Waals surface area contributed by atoms with Crippen LogP contribution in [0.1, 0.15) is 32.7 Å². The first kappa shape index (κ1) is 19.8. The third kappa shape index (κ3) is 4.84. The number of aryl methyl sites for hydroxylation is 1. The van der Waals surface area contributed by atoms with Crippen molar-refractivity contribution in [1.82, 2.24) is 10.3 Å². The first-order valence-corrected chi connectivity index (χ1v) is 10.3. The van der Waals surface area contributed by atoms with Gasteiger partial charge in [0.15, 0.2) is 0 Å². The molecular weight excluding hydrogens is 372 g/mol. The summed E-state index contributed by atoms with van der Waals surface area (Å²) in [5, 5.41) is 2.90. The van der Waals surface area contributed by atoms with Crippen molar-refractivity contribution >= 4 is 16.6 Å². The maximum atomic E-state index is 12.8. The quantitative estimate of drug-likeness (QED) is 0.628. The second-order valence-electron chi connectivity index (χ2n) is 6.66. The van der Waals surface area contributed by atoms with Gasteiger partial charge in [-0.05, 0) is 59.9 Å². The molecule has 0 spiro atoms. The van der Waals surface area contributed by atoms with E-state index in [0.29, 0.717) is 23.2 Å². The highest BCUT2D eigenvalue weighted by molar-refractivity contribution is 7.71. The molecule has 0 saturated heterocycles. The molecule has 0 fully saturated rings. The third-order valence-electron chi connectivity index (χ3n) is 4.59. The molecule has 0 aliphatic heterocycles. The van der Waals surface area contributed by atoms with Gasteiger partial charge >= 0.3 is 0 Å². The number of carbonyl (C=O) groups is 1. The van der Waals surface area contributed by atoms with Crippen molar-refractivity contribution in [2.45, 2.75) is 26.1 Å². The number of amides is 1. The molecule has 0 bridgehead atoms. The number of aromatic nitrogens is 1. The van der Waals surface area contributed by atoms with E-state index in [2.05, 4.69) is 10.3 Å². The van der Waals surface area contributed by atoms with E-state index >= 15 is 0 Å². The fourth-order valence-electron chi connectivity index (χ4n) is 2.99. The lowest BCUT2D eigenvalue weighted by atomic mass is 9.95. The van der Waals surface area contributed by atoms with Crippen molar-refractivity contribution in [2.24, 2.45) is 0 Å². The van der Waals surface area contributed by atoms with Crippen molar-refractivity contribution < 1.29 is 13.2 Å². The van der Waals surface area contributed by atoms with Gasteiger partial charge in [0.1, 0.15) is 10.7 Å². The van der Waals surface area contributed by atoms with Crippen molar-refractivity contribution in [3.63, 3.8) is 0 Å². The van der Waals surface area contributed by atoms with Crippen LogP contribution in [0.15, 0.2) is 60.8 Å². The average Bonchev–Trinajstić information content (AvgIpc) is 2.69. The Kier molecular flexibility index (Phi) is 6.21. The number of hydrogen-bond acceptors (Lipinski definition) is 4. The Morgan fingerprint density at radius 2 is 1.75 bits per heavy atom. The summed E-state index contributed by atoms with van der Waals surface area (Å²) >= 11 is 0. The summed E-state index contributed by atoms with van der Waals surface area (Å²) in [4.78, 5) is 17.1. The zero-order valence-electron chi connectivity index (χ0n) is 15.8. The zero-order chi connectivity index (χ0) is 20.1. The van der Waals surface area contributed by atoms with Gasteiger partial charge in [-0.2, -0.15) is 0 Å². The molecule has 0 radical (unpaired) electrons. The van der Waals surface area contributed by atoms with E-state index in [9.17, 15) is 13.2 Å². The predicted molar refractivity (Wildman–Crippen MR) is 111 cm³/mol. The fraction of sp³-hybridized carbons (Fsp3) is 0.182. The molecule has 0 aliphatic rings. The summed E-state index contributed by atoms with van der Waals surface area (Å²) in [6, 6.07) is 17.1. The Morgan fingerprint density at radius 1 is 1.00 bits per heavy atom. The van der Waals surface area contributed by atoms with Gasteiger partial charge in [0, 0.05) is 24.0 Å². The number of pyridine rings is 1. The van der Waals surface area contributed by atoms with Crippen LogP contribution in [0.25, 0.3) is 11.1 Å². The molecule has 0 aliphatic carbocycles. The molecule has 1 amide bonds. The highest BCUT2D eigenvalue weighted by Gasteiger charge is 2.15. The van der Waals surface area contributed by atoms with Crippen LogP contribution in [0, 0.1) is 13.8 Å². The molecule has 1 heterocycles. The molecule has 1 aromatic heterocycles. The number of nitrogens with one attached hydrogen (secondary N) is 1. The second kappa shape index (κ2) is 8.80. The maximum absolute atomic E-state index is 12.8. The number of thiol groups is 1. The lowest BCUT2D eigenvalue weighted by Crippen LogP contribution is -2.24. The zero-order valence-corrected chi connectivity index (χ0v) is 16.7. The summed E-state index contributed by atoms with van der Waals surface area (Å²) in [5.74, 6) is -0.331. The van der Waals surface area contributed by atoms with Gasteiger partial charge < -0.3 is 5.32 Å². The molecule has 144 valence electrons. The van der Waals surface area contributed by atoms with E-state index < -0.39 is 10.7 Å². The monoisotopic (exact) mass is 394 g/mol. The minimum absolute atomic E-state index is 0.0933. The third-order valence-corrected chi connectivity index (χ3v) is 5.19. The molecule has 3 rings (SSSR count). The van der Waals surface area contributed by atoms with Gasteiger partial charge in [-0.3, -0.25) is 9.78 Å². The van der Waals surface area contributed by atoms with Gasteiger partial charge in [0.2, 0.25) is 0 Å². The molecule has 6 heteroatoms. The molecule has 3 aromatic rings. The van der Waals surface area contributed by atoms with E-state index in [-0.39, 0.29) is 11.7 Å². The van der Waals surface area contributed by atoms with E-state index in [4.69, 9.17) is 0 Å². The van der Waals surface area contributed by atoms with E-state index in [1.165, 1.54) is 0 Å². The Hall–Kier alpha value is -2.99. The van der Waals surface area contributed by atoms with Crippen LogP contribution in [0.3, 0.4) is 0 Å². The van der Waals surface area contributed by atoms with Gasteiger partial charge in [0.05, 0.1) is 5.75 Å². The van der Waals surface area contributed by atoms with E-state index in [1.54, 1.807) is 13.1 Å². The van der Waals surface area contributed by atoms with Gasteiger partial charge in [0.25, 0.3) is 5.91 Å². The highest BCUT2D eigenvalue weighted by atomic mass is 32.2. The van der Waals surface area contributed by atoms with Crippen molar-refractivity contribution in [2.75, 3.05) is 0 Å². The maximum Gasteiger partial charge on any atom is 0.251 e. The molecule has 5 nitrogen and oxygen atoms in total. The fourth-order valence-corrected chi connectivity index (χ4v) is 3.60. The minimum atomic E-state index is -2.59. The first-order valence-electron chi connectivity index (χ1n) is 8.94. The standard InChI is InChI=1S/C22H22N2O3S/c1-15-8-9-17(12-23-15)13-24-22(25)21-11-19(18-6-4-3-5-7-18)10-20(16(21)2)14-28(26)27/h3-12,28H,13-14H2,1-2H3,(H,24,25). The normalized spacial score (nSPS) is 10.8. The molecule has 0 atom stereocenters. The number of rotatable bonds is 6. The Labute approximate surface area is 166 Å². The number of carbonyl (C=O) groups excluding carboxylic acids is 1. The number of nitrogens with zero attached hydrogens (tertiary/aromatic N) is 1. The summed E-state index contributed by atoms with van der Waals surface area (Å²) in [6.45, 7) is 4.04. The number of hydrogen-bond donors (Lipinski definition) is 2. The lowest BCUT2D eigenvalue weighted by Gasteiger charge is -2.14. The largest absolute Gasteiger partial charge is 0.348 e.